The Morgan fingerprint density at radius 2 is 1.53 bits per heavy atom. The van der Waals surface area contributed by atoms with Crippen molar-refractivity contribution < 1.29 is 22.4 Å². The molecular formula is C9H14NO4S-. The van der Waals surface area contributed by atoms with Crippen molar-refractivity contribution >= 4 is 10.4 Å². The van der Waals surface area contributed by atoms with Gasteiger partial charge >= 0.3 is 0 Å². The van der Waals surface area contributed by atoms with E-state index in [1.807, 2.05) is 0 Å². The number of nitrogens with one attached hydrogen (secondary N) is 1. The van der Waals surface area contributed by atoms with Crippen LogP contribution in [-0.2, 0) is 16.9 Å². The fourth-order valence-corrected chi connectivity index (χ4v) is 1.00. The van der Waals surface area contributed by atoms with Crippen LogP contribution >= 0.6 is 0 Å². The quantitative estimate of drug-likeness (QED) is 0.523. The Hall–Kier alpha value is -0.950. The second-order valence-electron chi connectivity index (χ2n) is 3.28. The molecule has 1 aromatic carbocycles. The summed E-state index contributed by atoms with van der Waals surface area (Å²) >= 11 is 0. The van der Waals surface area contributed by atoms with Crippen LogP contribution in [0.4, 0.5) is 0 Å². The van der Waals surface area contributed by atoms with E-state index in [1.54, 1.807) is 0 Å². The van der Waals surface area contributed by atoms with Crippen LogP contribution in [0.5, 0.6) is 0 Å². The molecule has 5 nitrogen and oxygen atoms in total. The average Bonchev–Trinajstić information content (AvgIpc) is 2.01. The molecule has 0 heterocycles. The highest BCUT2D eigenvalue weighted by Crippen LogP contribution is 1.94. The molecule has 0 amide bonds. The Balaban J connectivity index is 0.000000336. The van der Waals surface area contributed by atoms with Gasteiger partial charge in [-0.2, -0.15) is 0 Å². The summed E-state index contributed by atoms with van der Waals surface area (Å²) in [5.74, 6) is 0. The van der Waals surface area contributed by atoms with E-state index in [9.17, 15) is 0 Å². The van der Waals surface area contributed by atoms with E-state index in [1.165, 1.54) is 10.5 Å². The van der Waals surface area contributed by atoms with Crippen LogP contribution in [0.2, 0.25) is 0 Å². The number of benzene rings is 1. The molecule has 0 aromatic heterocycles. The molecule has 0 unspecified atom stereocenters. The maximum Gasteiger partial charge on any atom is 0.102 e. The van der Waals surface area contributed by atoms with E-state index in [0.29, 0.717) is 0 Å². The minimum atomic E-state index is -5.17. The lowest BCUT2D eigenvalue weighted by Crippen LogP contribution is -3.04. The molecule has 6 heteroatoms. The van der Waals surface area contributed by atoms with Gasteiger partial charge in [0, 0.05) is 16.0 Å². The Morgan fingerprint density at radius 1 is 1.13 bits per heavy atom. The summed E-state index contributed by atoms with van der Waals surface area (Å²) in [6.07, 6.45) is 0. The summed E-state index contributed by atoms with van der Waals surface area (Å²) in [4.78, 5) is 1.46. The summed E-state index contributed by atoms with van der Waals surface area (Å²) in [7, 11) is -0.847. The topological polar surface area (TPSA) is 84.7 Å². The molecule has 0 aliphatic heterocycles. The first-order chi connectivity index (χ1) is 6.79. The first-order valence-corrected chi connectivity index (χ1v) is 5.62. The number of quaternary nitrogens is 1. The zero-order valence-corrected chi connectivity index (χ0v) is 9.45. The minimum absolute atomic E-state index is 1.11. The molecule has 0 atom stereocenters. The summed E-state index contributed by atoms with van der Waals surface area (Å²) in [6.45, 7) is 1.11. The third-order valence-electron chi connectivity index (χ3n) is 1.40. The molecule has 0 saturated carbocycles. The van der Waals surface area contributed by atoms with Crippen molar-refractivity contribution in [3.63, 3.8) is 0 Å². The molecule has 0 saturated heterocycles. The van der Waals surface area contributed by atoms with Gasteiger partial charge in [0.25, 0.3) is 0 Å². The first-order valence-electron chi connectivity index (χ1n) is 4.28. The van der Waals surface area contributed by atoms with Crippen LogP contribution < -0.4 is 4.90 Å². The summed E-state index contributed by atoms with van der Waals surface area (Å²) in [6, 6.07) is 10.5. The smallest absolute Gasteiger partial charge is 0.102 e. The Labute approximate surface area is 89.9 Å². The molecule has 1 rings (SSSR count). The van der Waals surface area contributed by atoms with Gasteiger partial charge in [0.05, 0.1) is 14.1 Å². The predicted molar refractivity (Wildman–Crippen MR) is 53.4 cm³/mol. The zero-order chi connectivity index (χ0) is 11.9. The lowest BCUT2D eigenvalue weighted by atomic mass is 10.2. The zero-order valence-electron chi connectivity index (χ0n) is 8.64. The minimum Gasteiger partial charge on any atom is -0.759 e. The van der Waals surface area contributed by atoms with Gasteiger partial charge in [-0.3, -0.25) is 8.42 Å². The summed E-state index contributed by atoms with van der Waals surface area (Å²) in [5, 5.41) is 0. The van der Waals surface area contributed by atoms with Crippen LogP contribution in [0.1, 0.15) is 5.56 Å². The van der Waals surface area contributed by atoms with Gasteiger partial charge in [0.1, 0.15) is 6.54 Å². The van der Waals surface area contributed by atoms with E-state index in [4.69, 9.17) is 17.5 Å². The summed E-state index contributed by atoms with van der Waals surface area (Å²) in [5.41, 5.74) is 1.41. The Bertz CT molecular complexity index is 353. The molecule has 1 aromatic rings. The SMILES string of the molecule is C[NH+](C)Cc1ccccc1.O=S(=O)([O-])[O-]. The fraction of sp³-hybridized carbons (Fsp3) is 0.333. The Kier molecular flexibility index (Phi) is 6.11. The molecule has 15 heavy (non-hydrogen) atoms. The van der Waals surface area contributed by atoms with Gasteiger partial charge in [-0.05, 0) is 0 Å². The molecule has 0 aliphatic rings. The average molecular weight is 232 g/mol. The molecule has 0 aliphatic carbocycles. The van der Waals surface area contributed by atoms with Crippen LogP contribution in [-0.4, -0.2) is 31.6 Å². The normalized spacial score (nSPS) is 10.7. The molecule has 0 radical (unpaired) electrons. The van der Waals surface area contributed by atoms with E-state index in [0.717, 1.165) is 6.54 Å². The van der Waals surface area contributed by atoms with E-state index in [2.05, 4.69) is 44.4 Å². The number of rotatable bonds is 2. The standard InChI is InChI=1S/C9H13N.H2O4S/c1-10(2)8-9-6-4-3-5-7-9;1-5(2,3)4/h3-7H,8H2,1-2H3;(H2,1,2,3,4)/p-1. The van der Waals surface area contributed by atoms with Gasteiger partial charge in [-0.25, -0.2) is 0 Å². The molecule has 0 bridgehead atoms. The van der Waals surface area contributed by atoms with Crippen molar-refractivity contribution in [3.05, 3.63) is 35.9 Å². The largest absolute Gasteiger partial charge is 0.759 e. The van der Waals surface area contributed by atoms with E-state index in [-0.39, 0.29) is 0 Å². The maximum absolute atomic E-state index is 8.52. The van der Waals surface area contributed by atoms with Crippen molar-refractivity contribution in [2.45, 2.75) is 6.54 Å². The van der Waals surface area contributed by atoms with Crippen LogP contribution in [0.25, 0.3) is 0 Å². The third-order valence-corrected chi connectivity index (χ3v) is 1.40. The van der Waals surface area contributed by atoms with Gasteiger partial charge in [-0.15, -0.1) is 0 Å². The van der Waals surface area contributed by atoms with Gasteiger partial charge in [0.15, 0.2) is 0 Å². The van der Waals surface area contributed by atoms with Crippen molar-refractivity contribution in [2.24, 2.45) is 0 Å². The first kappa shape index (κ1) is 14.1. The second-order valence-corrected chi connectivity index (χ2v) is 4.09. The number of hydrogen-bond acceptors (Lipinski definition) is 4. The highest BCUT2D eigenvalue weighted by molar-refractivity contribution is 7.79. The molecule has 0 fully saturated rings. The van der Waals surface area contributed by atoms with Crippen LogP contribution in [0, 0.1) is 0 Å². The maximum atomic E-state index is 8.52. The van der Waals surface area contributed by atoms with E-state index < -0.39 is 10.4 Å². The third kappa shape index (κ3) is 13.1. The molecule has 86 valence electrons. The van der Waals surface area contributed by atoms with Crippen LogP contribution in [0.15, 0.2) is 30.3 Å². The molecular weight excluding hydrogens is 218 g/mol. The van der Waals surface area contributed by atoms with Gasteiger partial charge in [-0.1, -0.05) is 30.3 Å². The van der Waals surface area contributed by atoms with Gasteiger partial charge in [0.2, 0.25) is 0 Å². The molecule has 1 N–H and O–H groups in total. The fourth-order valence-electron chi connectivity index (χ4n) is 1.00. The van der Waals surface area contributed by atoms with Crippen LogP contribution in [0.3, 0.4) is 0 Å². The van der Waals surface area contributed by atoms with Crippen molar-refractivity contribution in [2.75, 3.05) is 14.1 Å². The lowest BCUT2D eigenvalue weighted by molar-refractivity contribution is -0.872. The van der Waals surface area contributed by atoms with Crippen molar-refractivity contribution in [3.8, 4) is 0 Å². The highest BCUT2D eigenvalue weighted by atomic mass is 32.3. The lowest BCUT2D eigenvalue weighted by Gasteiger charge is -2.06. The highest BCUT2D eigenvalue weighted by Gasteiger charge is 1.93. The van der Waals surface area contributed by atoms with Crippen molar-refractivity contribution in [1.82, 2.24) is 0 Å². The molecule has 0 spiro atoms. The predicted octanol–water partition coefficient (Wildman–Crippen LogP) is -1.01. The van der Waals surface area contributed by atoms with E-state index >= 15 is 0 Å². The van der Waals surface area contributed by atoms with Crippen molar-refractivity contribution in [1.29, 1.82) is 0 Å². The monoisotopic (exact) mass is 232 g/mol. The number of hydrogen-bond donors (Lipinski definition) is 1. The Morgan fingerprint density at radius 3 is 1.87 bits per heavy atom. The second kappa shape index (κ2) is 6.52. The summed E-state index contributed by atoms with van der Waals surface area (Å²) < 4.78 is 34.1. The van der Waals surface area contributed by atoms with Gasteiger partial charge < -0.3 is 14.0 Å².